The molecule has 0 radical (unpaired) electrons. The van der Waals surface area contributed by atoms with E-state index in [0.29, 0.717) is 28.5 Å². The Morgan fingerprint density at radius 1 is 0.974 bits per heavy atom. The molecule has 1 aliphatic rings. The van der Waals surface area contributed by atoms with Gasteiger partial charge in [0.05, 0.1) is 17.3 Å². The first-order valence-corrected chi connectivity index (χ1v) is 13.1. The van der Waals surface area contributed by atoms with Gasteiger partial charge in [-0.1, -0.05) is 30.3 Å². The summed E-state index contributed by atoms with van der Waals surface area (Å²) in [5.74, 6) is 1.49. The lowest BCUT2D eigenvalue weighted by Crippen LogP contribution is -2.43. The summed E-state index contributed by atoms with van der Waals surface area (Å²) < 4.78 is 3.31. The van der Waals surface area contributed by atoms with E-state index in [0.717, 1.165) is 43.0 Å². The van der Waals surface area contributed by atoms with Crippen molar-refractivity contribution in [2.75, 3.05) is 42.1 Å². The summed E-state index contributed by atoms with van der Waals surface area (Å²) >= 11 is 0. The van der Waals surface area contributed by atoms with E-state index in [1.807, 2.05) is 56.4 Å². The first-order chi connectivity index (χ1) is 19.0. The van der Waals surface area contributed by atoms with Gasteiger partial charge in [0.2, 0.25) is 0 Å². The van der Waals surface area contributed by atoms with Gasteiger partial charge in [0.15, 0.2) is 5.82 Å². The standard InChI is InChI=1S/C29H31N9O/c1-19-12-15-37-25(19)29(39)38(23-6-4-3-5-7-23)28(35-37)20(2)34-27-24(26(30)32-18-33-27)21-8-10-22(11-9-21)36-16-13-31-14-17-36/h3-12,15,18,20,31H,13-14,16-17H2,1-2H3,(H3,30,32,33,34). The number of anilines is 3. The van der Waals surface area contributed by atoms with Crippen LogP contribution in [-0.2, 0) is 0 Å². The Kier molecular flexibility index (Phi) is 6.45. The summed E-state index contributed by atoms with van der Waals surface area (Å²) in [5.41, 5.74) is 11.2. The molecule has 0 saturated carbocycles. The van der Waals surface area contributed by atoms with Gasteiger partial charge in [0.25, 0.3) is 5.56 Å². The molecule has 39 heavy (non-hydrogen) atoms. The normalized spacial score (nSPS) is 14.5. The summed E-state index contributed by atoms with van der Waals surface area (Å²) in [6.45, 7) is 7.77. The van der Waals surface area contributed by atoms with E-state index in [1.54, 1.807) is 9.08 Å². The van der Waals surface area contributed by atoms with Gasteiger partial charge >= 0.3 is 0 Å². The molecule has 6 rings (SSSR count). The Balaban J connectivity index is 1.39. The molecule has 1 aliphatic heterocycles. The van der Waals surface area contributed by atoms with Crippen LogP contribution in [0.25, 0.3) is 22.3 Å². The molecule has 10 nitrogen and oxygen atoms in total. The van der Waals surface area contributed by atoms with Crippen molar-refractivity contribution in [3.05, 3.63) is 94.9 Å². The number of hydrogen-bond acceptors (Lipinski definition) is 8. The summed E-state index contributed by atoms with van der Waals surface area (Å²) in [4.78, 5) is 24.9. The first-order valence-electron chi connectivity index (χ1n) is 13.1. The Hall–Kier alpha value is -4.70. The van der Waals surface area contributed by atoms with Crippen molar-refractivity contribution in [2.45, 2.75) is 19.9 Å². The maximum absolute atomic E-state index is 13.7. The Morgan fingerprint density at radius 3 is 2.46 bits per heavy atom. The number of nitrogens with one attached hydrogen (secondary N) is 2. The van der Waals surface area contributed by atoms with Crippen LogP contribution < -0.4 is 26.8 Å². The third-order valence-electron chi connectivity index (χ3n) is 7.18. The minimum Gasteiger partial charge on any atom is -0.383 e. The van der Waals surface area contributed by atoms with E-state index in [2.05, 4.69) is 49.8 Å². The molecule has 1 saturated heterocycles. The molecule has 1 fully saturated rings. The summed E-state index contributed by atoms with van der Waals surface area (Å²) in [7, 11) is 0. The van der Waals surface area contributed by atoms with Crippen LogP contribution in [0.3, 0.4) is 0 Å². The van der Waals surface area contributed by atoms with Crippen LogP contribution in [0.1, 0.15) is 24.4 Å². The molecule has 3 aromatic heterocycles. The fraction of sp³-hybridized carbons (Fsp3) is 0.241. The highest BCUT2D eigenvalue weighted by Crippen LogP contribution is 2.34. The van der Waals surface area contributed by atoms with Crippen LogP contribution in [0.2, 0.25) is 0 Å². The van der Waals surface area contributed by atoms with E-state index in [9.17, 15) is 4.79 Å². The van der Waals surface area contributed by atoms with Crippen LogP contribution in [0.4, 0.5) is 17.3 Å². The van der Waals surface area contributed by atoms with Crippen molar-refractivity contribution in [1.82, 2.24) is 29.5 Å². The van der Waals surface area contributed by atoms with Crippen molar-refractivity contribution in [2.24, 2.45) is 0 Å². The first kappa shape index (κ1) is 24.6. The van der Waals surface area contributed by atoms with Gasteiger partial charge in [-0.15, -0.1) is 0 Å². The van der Waals surface area contributed by atoms with Gasteiger partial charge in [0.1, 0.15) is 23.5 Å². The van der Waals surface area contributed by atoms with Crippen molar-refractivity contribution in [3.63, 3.8) is 0 Å². The average molecular weight is 522 g/mol. The van der Waals surface area contributed by atoms with Crippen molar-refractivity contribution >= 4 is 22.8 Å². The number of nitrogens with zero attached hydrogens (tertiary/aromatic N) is 6. The number of aryl methyl sites for hydroxylation is 1. The topological polar surface area (TPSA) is 118 Å². The molecule has 0 spiro atoms. The molecule has 198 valence electrons. The highest BCUT2D eigenvalue weighted by atomic mass is 16.1. The maximum atomic E-state index is 13.7. The third kappa shape index (κ3) is 4.59. The van der Waals surface area contributed by atoms with Crippen LogP contribution in [0.15, 0.2) is 78.0 Å². The van der Waals surface area contributed by atoms with E-state index >= 15 is 0 Å². The van der Waals surface area contributed by atoms with Crippen LogP contribution in [-0.4, -0.2) is 50.3 Å². The summed E-state index contributed by atoms with van der Waals surface area (Å²) in [6.07, 6.45) is 3.25. The maximum Gasteiger partial charge on any atom is 0.282 e. The molecule has 4 heterocycles. The average Bonchev–Trinajstić information content (AvgIpc) is 3.35. The number of nitrogens with two attached hydrogens (primary N) is 1. The molecule has 0 bridgehead atoms. The van der Waals surface area contributed by atoms with E-state index in [1.165, 1.54) is 12.0 Å². The lowest BCUT2D eigenvalue weighted by atomic mass is 10.1. The van der Waals surface area contributed by atoms with Crippen LogP contribution >= 0.6 is 0 Å². The zero-order valence-corrected chi connectivity index (χ0v) is 22.0. The molecule has 10 heteroatoms. The van der Waals surface area contributed by atoms with Crippen molar-refractivity contribution in [3.8, 4) is 16.8 Å². The number of hydrogen-bond donors (Lipinski definition) is 3. The Labute approximate surface area is 226 Å². The fourth-order valence-electron chi connectivity index (χ4n) is 5.16. The molecule has 0 aliphatic carbocycles. The molecule has 0 amide bonds. The minimum atomic E-state index is -0.391. The Morgan fingerprint density at radius 2 is 1.72 bits per heavy atom. The number of rotatable bonds is 6. The van der Waals surface area contributed by atoms with Gasteiger partial charge < -0.3 is 21.3 Å². The molecule has 4 N–H and O–H groups in total. The second-order valence-electron chi connectivity index (χ2n) is 9.76. The Bertz CT molecular complexity index is 1670. The monoisotopic (exact) mass is 521 g/mol. The molecule has 1 atom stereocenters. The minimum absolute atomic E-state index is 0.131. The number of para-hydroxylation sites is 1. The highest BCUT2D eigenvalue weighted by molar-refractivity contribution is 5.84. The number of nitrogen functional groups attached to an aromatic ring is 1. The molecule has 5 aromatic rings. The van der Waals surface area contributed by atoms with Crippen LogP contribution in [0.5, 0.6) is 0 Å². The van der Waals surface area contributed by atoms with E-state index in [-0.39, 0.29) is 5.56 Å². The van der Waals surface area contributed by atoms with Gasteiger partial charge in [-0.2, -0.15) is 5.10 Å². The SMILES string of the molecule is Cc1ccn2nc(C(C)Nc3ncnc(N)c3-c3ccc(N4CCNCC4)cc3)n(-c3ccccc3)c(=O)c12. The smallest absolute Gasteiger partial charge is 0.282 e. The van der Waals surface area contributed by atoms with E-state index < -0.39 is 6.04 Å². The van der Waals surface area contributed by atoms with Gasteiger partial charge in [-0.05, 0) is 55.3 Å². The number of fused-ring (bicyclic) bond motifs is 1. The van der Waals surface area contributed by atoms with Crippen molar-refractivity contribution < 1.29 is 0 Å². The largest absolute Gasteiger partial charge is 0.383 e. The number of piperazine rings is 1. The molecule has 1 unspecified atom stereocenters. The predicted molar refractivity (Wildman–Crippen MR) is 155 cm³/mol. The number of aromatic nitrogens is 5. The lowest BCUT2D eigenvalue weighted by molar-refractivity contribution is 0.589. The summed E-state index contributed by atoms with van der Waals surface area (Å²) in [5, 5.41) is 11.7. The highest BCUT2D eigenvalue weighted by Gasteiger charge is 2.22. The second-order valence-corrected chi connectivity index (χ2v) is 9.76. The zero-order valence-electron chi connectivity index (χ0n) is 22.0. The van der Waals surface area contributed by atoms with Gasteiger partial charge in [-0.3, -0.25) is 9.36 Å². The zero-order chi connectivity index (χ0) is 26.9. The predicted octanol–water partition coefficient (Wildman–Crippen LogP) is 3.42. The van der Waals surface area contributed by atoms with Gasteiger partial charge in [-0.25, -0.2) is 14.5 Å². The fourth-order valence-corrected chi connectivity index (χ4v) is 5.16. The van der Waals surface area contributed by atoms with Crippen LogP contribution in [0, 0.1) is 6.92 Å². The molecular weight excluding hydrogens is 490 g/mol. The van der Waals surface area contributed by atoms with Crippen molar-refractivity contribution in [1.29, 1.82) is 0 Å². The van der Waals surface area contributed by atoms with E-state index in [4.69, 9.17) is 10.8 Å². The molecule has 2 aromatic carbocycles. The van der Waals surface area contributed by atoms with Gasteiger partial charge in [0, 0.05) is 38.1 Å². The third-order valence-corrected chi connectivity index (χ3v) is 7.18. The lowest BCUT2D eigenvalue weighted by Gasteiger charge is -2.29. The quantitative estimate of drug-likeness (QED) is 0.311. The number of benzene rings is 2. The molecular formula is C29H31N9O. The summed E-state index contributed by atoms with van der Waals surface area (Å²) in [6, 6.07) is 19.4. The second kappa shape index (κ2) is 10.2.